The molecule has 0 aromatic heterocycles. The summed E-state index contributed by atoms with van der Waals surface area (Å²) in [6.07, 6.45) is 3.07. The number of rotatable bonds is 9. The van der Waals surface area contributed by atoms with Crippen LogP contribution in [0.4, 0.5) is 0 Å². The third kappa shape index (κ3) is 6.32. The molecule has 0 aromatic rings. The topological polar surface area (TPSA) is 44.8 Å². The molecule has 2 atom stereocenters. The van der Waals surface area contributed by atoms with Crippen molar-refractivity contribution in [2.75, 3.05) is 46.4 Å². The predicted molar refractivity (Wildman–Crippen MR) is 86.5 cm³/mol. The molecule has 1 heterocycles. The average Bonchev–Trinajstić information content (AvgIpc) is 2.54. The van der Waals surface area contributed by atoms with Crippen LogP contribution in [0.2, 0.25) is 0 Å². The molecule has 21 heavy (non-hydrogen) atoms. The minimum atomic E-state index is -0.164. The predicted octanol–water partition coefficient (Wildman–Crippen LogP) is 1.33. The molecule has 1 rings (SSSR count). The summed E-state index contributed by atoms with van der Waals surface area (Å²) in [6, 6.07) is 0.517. The fourth-order valence-corrected chi connectivity index (χ4v) is 2.76. The number of carbonyl (C=O) groups is 1. The van der Waals surface area contributed by atoms with Crippen LogP contribution in [-0.4, -0.2) is 74.2 Å². The monoisotopic (exact) mass is 299 g/mol. The van der Waals surface area contributed by atoms with Gasteiger partial charge in [0.2, 0.25) is 0 Å². The van der Waals surface area contributed by atoms with Crippen molar-refractivity contribution in [1.82, 2.24) is 15.1 Å². The van der Waals surface area contributed by atoms with E-state index < -0.39 is 0 Å². The largest absolute Gasteiger partial charge is 0.468 e. The Morgan fingerprint density at radius 1 is 1.24 bits per heavy atom. The van der Waals surface area contributed by atoms with E-state index in [0.717, 1.165) is 52.1 Å². The second-order valence-corrected chi connectivity index (χ2v) is 5.95. The quantitative estimate of drug-likeness (QED) is 0.651. The lowest BCUT2D eigenvalue weighted by Crippen LogP contribution is -2.50. The van der Waals surface area contributed by atoms with Crippen molar-refractivity contribution >= 4 is 5.97 Å². The first-order valence-corrected chi connectivity index (χ1v) is 8.39. The number of esters is 1. The smallest absolute Gasteiger partial charge is 0.322 e. The van der Waals surface area contributed by atoms with Gasteiger partial charge in [-0.25, -0.2) is 0 Å². The molecular weight excluding hydrogens is 266 g/mol. The van der Waals surface area contributed by atoms with Crippen LogP contribution >= 0.6 is 0 Å². The first-order valence-electron chi connectivity index (χ1n) is 8.39. The highest BCUT2D eigenvalue weighted by Gasteiger charge is 2.23. The summed E-state index contributed by atoms with van der Waals surface area (Å²) in [5.74, 6) is -0.137. The third-order valence-corrected chi connectivity index (χ3v) is 4.48. The Morgan fingerprint density at radius 2 is 1.90 bits per heavy atom. The third-order valence-electron chi connectivity index (χ3n) is 4.48. The molecule has 124 valence electrons. The zero-order chi connectivity index (χ0) is 15.7. The molecule has 2 unspecified atom stereocenters. The van der Waals surface area contributed by atoms with Crippen molar-refractivity contribution in [3.63, 3.8) is 0 Å². The fourth-order valence-electron chi connectivity index (χ4n) is 2.76. The Kier molecular flexibility index (Phi) is 8.88. The average molecular weight is 299 g/mol. The lowest BCUT2D eigenvalue weighted by atomic mass is 10.1. The highest BCUT2D eigenvalue weighted by Crippen LogP contribution is 2.09. The number of hydrogen-bond donors (Lipinski definition) is 1. The molecule has 1 aliphatic heterocycles. The first-order chi connectivity index (χ1) is 10.1. The molecular formula is C16H33N3O2. The molecule has 1 saturated heterocycles. The normalized spacial score (nSPS) is 20.2. The van der Waals surface area contributed by atoms with Gasteiger partial charge in [-0.3, -0.25) is 9.69 Å². The van der Waals surface area contributed by atoms with Gasteiger partial charge in [0.25, 0.3) is 0 Å². The molecule has 0 aliphatic carbocycles. The van der Waals surface area contributed by atoms with E-state index >= 15 is 0 Å². The van der Waals surface area contributed by atoms with Gasteiger partial charge in [-0.1, -0.05) is 13.8 Å². The number of hydrogen-bond acceptors (Lipinski definition) is 5. The summed E-state index contributed by atoms with van der Waals surface area (Å²) in [5.41, 5.74) is 0. The van der Waals surface area contributed by atoms with Crippen LogP contribution in [0, 0.1) is 0 Å². The summed E-state index contributed by atoms with van der Waals surface area (Å²) in [5, 5.41) is 3.28. The summed E-state index contributed by atoms with van der Waals surface area (Å²) in [4.78, 5) is 16.8. The van der Waals surface area contributed by atoms with Crippen LogP contribution in [0.25, 0.3) is 0 Å². The molecule has 0 amide bonds. The standard InChI is InChI=1S/C16H33N3O2/c1-5-8-17-15(16(20)21-4)7-9-18-10-12-19(13-11-18)14(3)6-2/h14-15,17H,5-13H2,1-4H3. The highest BCUT2D eigenvalue weighted by atomic mass is 16.5. The molecule has 1 aliphatic rings. The van der Waals surface area contributed by atoms with Crippen molar-refractivity contribution in [1.29, 1.82) is 0 Å². The van der Waals surface area contributed by atoms with Gasteiger partial charge in [0, 0.05) is 38.8 Å². The van der Waals surface area contributed by atoms with Gasteiger partial charge in [0.05, 0.1) is 7.11 Å². The number of ether oxygens (including phenoxy) is 1. The maximum atomic E-state index is 11.8. The molecule has 5 heteroatoms. The van der Waals surface area contributed by atoms with E-state index in [9.17, 15) is 4.79 Å². The Balaban J connectivity index is 2.31. The van der Waals surface area contributed by atoms with E-state index in [2.05, 4.69) is 35.9 Å². The second kappa shape index (κ2) is 10.1. The van der Waals surface area contributed by atoms with Crippen LogP contribution in [0.15, 0.2) is 0 Å². The van der Waals surface area contributed by atoms with Crippen molar-refractivity contribution < 1.29 is 9.53 Å². The van der Waals surface area contributed by atoms with E-state index in [1.165, 1.54) is 13.5 Å². The summed E-state index contributed by atoms with van der Waals surface area (Å²) in [6.45, 7) is 13.0. The van der Waals surface area contributed by atoms with E-state index in [1.807, 2.05) is 0 Å². The summed E-state index contributed by atoms with van der Waals surface area (Å²) in [7, 11) is 1.47. The SMILES string of the molecule is CCCNC(CCN1CCN(C(C)CC)CC1)C(=O)OC. The molecule has 0 radical (unpaired) electrons. The molecule has 5 nitrogen and oxygen atoms in total. The molecule has 0 saturated carbocycles. The molecule has 0 spiro atoms. The van der Waals surface area contributed by atoms with E-state index in [1.54, 1.807) is 0 Å². The zero-order valence-corrected chi connectivity index (χ0v) is 14.2. The Bertz CT molecular complexity index is 291. The van der Waals surface area contributed by atoms with Gasteiger partial charge in [0.1, 0.15) is 6.04 Å². The number of nitrogens with one attached hydrogen (secondary N) is 1. The number of nitrogens with zero attached hydrogens (tertiary/aromatic N) is 2. The Labute approximate surface area is 130 Å². The van der Waals surface area contributed by atoms with Gasteiger partial charge in [-0.15, -0.1) is 0 Å². The molecule has 0 aromatic carbocycles. The van der Waals surface area contributed by atoms with Crippen LogP contribution < -0.4 is 5.32 Å². The minimum absolute atomic E-state index is 0.137. The highest BCUT2D eigenvalue weighted by molar-refractivity contribution is 5.75. The first kappa shape index (κ1) is 18.4. The van der Waals surface area contributed by atoms with Gasteiger partial charge in [-0.2, -0.15) is 0 Å². The van der Waals surface area contributed by atoms with Gasteiger partial charge >= 0.3 is 5.97 Å². The van der Waals surface area contributed by atoms with E-state index in [0.29, 0.717) is 6.04 Å². The number of carbonyl (C=O) groups excluding carboxylic acids is 1. The van der Waals surface area contributed by atoms with Crippen LogP contribution in [-0.2, 0) is 9.53 Å². The molecule has 1 N–H and O–H groups in total. The summed E-state index contributed by atoms with van der Waals surface area (Å²) >= 11 is 0. The lowest BCUT2D eigenvalue weighted by molar-refractivity contribution is -0.143. The second-order valence-electron chi connectivity index (χ2n) is 5.95. The Morgan fingerprint density at radius 3 is 2.43 bits per heavy atom. The van der Waals surface area contributed by atoms with Gasteiger partial charge in [0.15, 0.2) is 0 Å². The van der Waals surface area contributed by atoms with Crippen molar-refractivity contribution in [2.24, 2.45) is 0 Å². The van der Waals surface area contributed by atoms with Crippen LogP contribution in [0.5, 0.6) is 0 Å². The van der Waals surface area contributed by atoms with Crippen LogP contribution in [0.1, 0.15) is 40.0 Å². The van der Waals surface area contributed by atoms with Gasteiger partial charge < -0.3 is 15.0 Å². The zero-order valence-electron chi connectivity index (χ0n) is 14.2. The maximum Gasteiger partial charge on any atom is 0.322 e. The number of methoxy groups -OCH3 is 1. The molecule has 1 fully saturated rings. The van der Waals surface area contributed by atoms with Crippen molar-refractivity contribution in [2.45, 2.75) is 52.1 Å². The maximum absolute atomic E-state index is 11.8. The fraction of sp³-hybridized carbons (Fsp3) is 0.938. The summed E-state index contributed by atoms with van der Waals surface area (Å²) < 4.78 is 4.88. The van der Waals surface area contributed by atoms with E-state index in [4.69, 9.17) is 4.74 Å². The van der Waals surface area contributed by atoms with Crippen LogP contribution in [0.3, 0.4) is 0 Å². The lowest BCUT2D eigenvalue weighted by Gasteiger charge is -2.38. The minimum Gasteiger partial charge on any atom is -0.468 e. The molecule has 0 bridgehead atoms. The Hall–Kier alpha value is -0.650. The number of piperazine rings is 1. The van der Waals surface area contributed by atoms with Crippen molar-refractivity contribution in [3.8, 4) is 0 Å². The van der Waals surface area contributed by atoms with Crippen molar-refractivity contribution in [3.05, 3.63) is 0 Å². The van der Waals surface area contributed by atoms with Gasteiger partial charge in [-0.05, 0) is 32.7 Å². The van der Waals surface area contributed by atoms with E-state index in [-0.39, 0.29) is 12.0 Å².